The summed E-state index contributed by atoms with van der Waals surface area (Å²) < 4.78 is 13.3. The van der Waals surface area contributed by atoms with Crippen molar-refractivity contribution in [3.63, 3.8) is 0 Å². The van der Waals surface area contributed by atoms with Gasteiger partial charge in [-0.25, -0.2) is 4.39 Å². The Morgan fingerprint density at radius 1 is 1.21 bits per heavy atom. The van der Waals surface area contributed by atoms with Gasteiger partial charge in [0.1, 0.15) is 5.82 Å². The number of unbranched alkanes of at least 4 members (excludes halogenated alkanes) is 1. The zero-order chi connectivity index (χ0) is 13.7. The molecule has 1 aromatic rings. The summed E-state index contributed by atoms with van der Waals surface area (Å²) in [5, 5.41) is 19.1. The number of halogens is 1. The molecule has 2 rings (SSSR count). The molecule has 1 fully saturated rings. The summed E-state index contributed by atoms with van der Waals surface area (Å²) in [6.45, 7) is 0. The molecule has 1 saturated carbocycles. The Balaban J connectivity index is 1.75. The zero-order valence-electron chi connectivity index (χ0n) is 10.8. The maximum absolute atomic E-state index is 13.3. The van der Waals surface area contributed by atoms with E-state index in [9.17, 15) is 14.6 Å². The maximum atomic E-state index is 13.3. The van der Waals surface area contributed by atoms with E-state index in [1.165, 1.54) is 6.07 Å². The van der Waals surface area contributed by atoms with Gasteiger partial charge >= 0.3 is 0 Å². The second-order valence-corrected chi connectivity index (χ2v) is 5.13. The molecule has 1 aliphatic carbocycles. The lowest BCUT2D eigenvalue weighted by Crippen LogP contribution is -2.12. The summed E-state index contributed by atoms with van der Waals surface area (Å²) in [7, 11) is 0. The molecular weight excluding hydrogens is 243 g/mol. The second-order valence-electron chi connectivity index (χ2n) is 5.13. The molecule has 0 radical (unpaired) electrons. The van der Waals surface area contributed by atoms with Crippen LogP contribution in [0, 0.1) is 23.6 Å². The van der Waals surface area contributed by atoms with Crippen molar-refractivity contribution in [2.24, 2.45) is 5.92 Å². The van der Waals surface area contributed by atoms with Gasteiger partial charge in [-0.15, -0.1) is 0 Å². The number of hydrogen-bond acceptors (Lipinski definition) is 2. The molecule has 0 spiro atoms. The van der Waals surface area contributed by atoms with E-state index in [2.05, 4.69) is 11.8 Å². The lowest BCUT2D eigenvalue weighted by atomic mass is 9.98. The number of aliphatic hydroxyl groups is 2. The fraction of sp³-hybridized carbons (Fsp3) is 0.500. The fourth-order valence-corrected chi connectivity index (χ4v) is 2.56. The summed E-state index contributed by atoms with van der Waals surface area (Å²) >= 11 is 0. The molecule has 1 aliphatic rings. The maximum Gasteiger partial charge on any atom is 0.138 e. The minimum absolute atomic E-state index is 0.185. The van der Waals surface area contributed by atoms with Crippen LogP contribution in [-0.2, 0) is 0 Å². The van der Waals surface area contributed by atoms with Gasteiger partial charge in [0.15, 0.2) is 0 Å². The summed E-state index contributed by atoms with van der Waals surface area (Å²) in [6, 6.07) is 6.48. The third-order valence-corrected chi connectivity index (χ3v) is 3.61. The van der Waals surface area contributed by atoms with E-state index in [1.54, 1.807) is 18.2 Å². The van der Waals surface area contributed by atoms with Crippen LogP contribution in [0.15, 0.2) is 24.3 Å². The van der Waals surface area contributed by atoms with E-state index in [-0.39, 0.29) is 23.9 Å². The molecular formula is C16H19FO2. The second kappa shape index (κ2) is 6.70. The molecule has 0 aromatic heterocycles. The highest BCUT2D eigenvalue weighted by atomic mass is 19.1. The molecule has 0 amide bonds. The Morgan fingerprint density at radius 3 is 2.68 bits per heavy atom. The Hall–Kier alpha value is -1.37. The van der Waals surface area contributed by atoms with Crippen LogP contribution in [0.3, 0.4) is 0 Å². The SMILES string of the molecule is O[C@@H]1CC(CCCC#Cc2ccccc2F)[C@H](O)C1. The number of aliphatic hydroxyl groups excluding tert-OH is 2. The van der Waals surface area contributed by atoms with E-state index in [1.807, 2.05) is 0 Å². The largest absolute Gasteiger partial charge is 0.393 e. The zero-order valence-corrected chi connectivity index (χ0v) is 10.8. The average Bonchev–Trinajstić information content (AvgIpc) is 2.70. The Kier molecular flexibility index (Phi) is 4.95. The minimum atomic E-state index is -0.380. The molecule has 2 N–H and O–H groups in total. The van der Waals surface area contributed by atoms with Crippen molar-refractivity contribution in [3.05, 3.63) is 35.6 Å². The Bertz CT molecular complexity index is 475. The summed E-state index contributed by atoms with van der Waals surface area (Å²) in [5.74, 6) is 5.68. The molecule has 102 valence electrons. The van der Waals surface area contributed by atoms with Gasteiger partial charge in [-0.05, 0) is 43.7 Å². The number of rotatable bonds is 3. The summed E-state index contributed by atoms with van der Waals surface area (Å²) in [6.07, 6.45) is 2.86. The number of benzene rings is 1. The first-order chi connectivity index (χ1) is 9.16. The van der Waals surface area contributed by atoms with Crippen LogP contribution in [0.4, 0.5) is 4.39 Å². The molecule has 0 saturated heterocycles. The normalized spacial score (nSPS) is 25.9. The van der Waals surface area contributed by atoms with Crippen molar-refractivity contribution in [1.82, 2.24) is 0 Å². The monoisotopic (exact) mass is 262 g/mol. The van der Waals surface area contributed by atoms with Crippen molar-refractivity contribution < 1.29 is 14.6 Å². The highest BCUT2D eigenvalue weighted by Crippen LogP contribution is 2.29. The first-order valence-corrected chi connectivity index (χ1v) is 6.76. The van der Waals surface area contributed by atoms with Gasteiger partial charge in [0.25, 0.3) is 0 Å². The summed E-state index contributed by atoms with van der Waals surface area (Å²) in [5.41, 5.74) is 0.429. The third kappa shape index (κ3) is 4.05. The van der Waals surface area contributed by atoms with Gasteiger partial charge in [0.05, 0.1) is 17.8 Å². The van der Waals surface area contributed by atoms with Gasteiger partial charge in [-0.2, -0.15) is 0 Å². The highest BCUT2D eigenvalue weighted by molar-refractivity contribution is 5.34. The van der Waals surface area contributed by atoms with Crippen LogP contribution in [0.25, 0.3) is 0 Å². The van der Waals surface area contributed by atoms with Crippen LogP contribution < -0.4 is 0 Å². The van der Waals surface area contributed by atoms with Crippen LogP contribution in [0.2, 0.25) is 0 Å². The molecule has 0 heterocycles. The van der Waals surface area contributed by atoms with Gasteiger partial charge in [-0.1, -0.05) is 24.0 Å². The lowest BCUT2D eigenvalue weighted by Gasteiger charge is -2.12. The third-order valence-electron chi connectivity index (χ3n) is 3.61. The van der Waals surface area contributed by atoms with E-state index in [4.69, 9.17) is 0 Å². The summed E-state index contributed by atoms with van der Waals surface area (Å²) in [4.78, 5) is 0. The molecule has 3 atom stereocenters. The minimum Gasteiger partial charge on any atom is -0.393 e. The fourth-order valence-electron chi connectivity index (χ4n) is 2.56. The first kappa shape index (κ1) is 14.0. The van der Waals surface area contributed by atoms with Crippen LogP contribution in [-0.4, -0.2) is 22.4 Å². The smallest absolute Gasteiger partial charge is 0.138 e. The molecule has 1 aromatic carbocycles. The van der Waals surface area contributed by atoms with Crippen molar-refractivity contribution in [2.45, 2.75) is 44.3 Å². The topological polar surface area (TPSA) is 40.5 Å². The van der Waals surface area contributed by atoms with Crippen molar-refractivity contribution in [3.8, 4) is 11.8 Å². The van der Waals surface area contributed by atoms with E-state index >= 15 is 0 Å². The quantitative estimate of drug-likeness (QED) is 0.649. The van der Waals surface area contributed by atoms with Crippen LogP contribution >= 0.6 is 0 Å². The van der Waals surface area contributed by atoms with Gasteiger partial charge in [0.2, 0.25) is 0 Å². The predicted molar refractivity (Wildman–Crippen MR) is 71.9 cm³/mol. The number of hydrogen-bond donors (Lipinski definition) is 2. The van der Waals surface area contributed by atoms with Crippen LogP contribution in [0.5, 0.6) is 0 Å². The van der Waals surface area contributed by atoms with Crippen molar-refractivity contribution in [2.75, 3.05) is 0 Å². The molecule has 1 unspecified atom stereocenters. The van der Waals surface area contributed by atoms with Gasteiger partial charge in [0, 0.05) is 6.42 Å². The van der Waals surface area contributed by atoms with Crippen LogP contribution in [0.1, 0.15) is 37.7 Å². The first-order valence-electron chi connectivity index (χ1n) is 6.76. The molecule has 0 bridgehead atoms. The van der Waals surface area contributed by atoms with Crippen molar-refractivity contribution in [1.29, 1.82) is 0 Å². The molecule has 19 heavy (non-hydrogen) atoms. The molecule has 2 nitrogen and oxygen atoms in total. The van der Waals surface area contributed by atoms with Gasteiger partial charge < -0.3 is 10.2 Å². The predicted octanol–water partition coefficient (Wildman–Crippen LogP) is 2.48. The molecule has 0 aliphatic heterocycles. The Morgan fingerprint density at radius 2 is 2.00 bits per heavy atom. The lowest BCUT2D eigenvalue weighted by molar-refractivity contribution is 0.116. The average molecular weight is 262 g/mol. The van der Waals surface area contributed by atoms with Crippen molar-refractivity contribution >= 4 is 0 Å². The van der Waals surface area contributed by atoms with Gasteiger partial charge in [-0.3, -0.25) is 0 Å². The van der Waals surface area contributed by atoms with E-state index in [0.717, 1.165) is 12.8 Å². The highest BCUT2D eigenvalue weighted by Gasteiger charge is 2.30. The Labute approximate surface area is 113 Å². The standard InChI is InChI=1S/C16H19FO2/c17-15-9-5-4-7-12(15)6-2-1-3-8-13-10-14(18)11-16(13)19/h4-5,7,9,13-14,16,18-19H,1,3,8,10-11H2/t13?,14-,16-/m1/s1. The molecule has 3 heteroatoms. The van der Waals surface area contributed by atoms with E-state index in [0.29, 0.717) is 24.8 Å². The van der Waals surface area contributed by atoms with E-state index < -0.39 is 0 Å².